The van der Waals surface area contributed by atoms with Gasteiger partial charge < -0.3 is 0 Å². The van der Waals surface area contributed by atoms with Crippen LogP contribution in [0.3, 0.4) is 0 Å². The summed E-state index contributed by atoms with van der Waals surface area (Å²) in [5, 5.41) is 0. The van der Waals surface area contributed by atoms with E-state index in [1.807, 2.05) is 37.3 Å². The van der Waals surface area contributed by atoms with Crippen molar-refractivity contribution in [2.75, 3.05) is 0 Å². The molecule has 22 heavy (non-hydrogen) atoms. The average Bonchev–Trinajstić information content (AvgIpc) is 2.47. The number of carbonyl (C=O) groups is 1. The molecule has 0 aliphatic heterocycles. The number of Topliss-reactive ketones (excluding diaryl/α,β-unsaturated/α-hetero) is 1. The van der Waals surface area contributed by atoms with Gasteiger partial charge in [0.15, 0.2) is 5.78 Å². The maximum absolute atomic E-state index is 14.5. The van der Waals surface area contributed by atoms with Gasteiger partial charge >= 0.3 is 0 Å². The van der Waals surface area contributed by atoms with Crippen molar-refractivity contribution in [3.63, 3.8) is 0 Å². The predicted octanol–water partition coefficient (Wildman–Crippen LogP) is 5.85. The minimum Gasteiger partial charge on any atom is -0.295 e. The average molecular weight is 296 g/mol. The molecule has 0 saturated heterocycles. The molecular formula is C20H21FO. The maximum atomic E-state index is 14.5. The molecule has 0 saturated carbocycles. The van der Waals surface area contributed by atoms with Gasteiger partial charge in [-0.2, -0.15) is 0 Å². The van der Waals surface area contributed by atoms with Crippen molar-refractivity contribution in [2.45, 2.75) is 33.6 Å². The van der Waals surface area contributed by atoms with E-state index in [2.05, 4.69) is 13.8 Å². The molecule has 0 aliphatic carbocycles. The van der Waals surface area contributed by atoms with Crippen LogP contribution in [-0.4, -0.2) is 5.78 Å². The fraction of sp³-hybridized carbons (Fsp3) is 0.250. The fourth-order valence-electron chi connectivity index (χ4n) is 2.62. The molecule has 0 amide bonds. The Bertz CT molecular complexity index is 709. The van der Waals surface area contributed by atoms with Crippen molar-refractivity contribution in [2.24, 2.45) is 0 Å². The fourth-order valence-corrected chi connectivity index (χ4v) is 2.62. The van der Waals surface area contributed by atoms with E-state index in [0.717, 1.165) is 16.7 Å². The van der Waals surface area contributed by atoms with Crippen LogP contribution in [0, 0.1) is 5.82 Å². The molecule has 0 radical (unpaired) electrons. The summed E-state index contributed by atoms with van der Waals surface area (Å²) in [6.07, 6.45) is 3.88. The van der Waals surface area contributed by atoms with Crippen molar-refractivity contribution < 1.29 is 9.18 Å². The van der Waals surface area contributed by atoms with Gasteiger partial charge in [0.1, 0.15) is 5.82 Å². The molecule has 0 unspecified atom stereocenters. The number of halogens is 1. The van der Waals surface area contributed by atoms with Gasteiger partial charge in [0.25, 0.3) is 0 Å². The van der Waals surface area contributed by atoms with Crippen LogP contribution in [0.2, 0.25) is 0 Å². The van der Waals surface area contributed by atoms with Crippen LogP contribution < -0.4 is 0 Å². The van der Waals surface area contributed by atoms with Crippen LogP contribution in [0.1, 0.15) is 55.1 Å². The molecule has 114 valence electrons. The van der Waals surface area contributed by atoms with Gasteiger partial charge in [0, 0.05) is 11.1 Å². The van der Waals surface area contributed by atoms with Crippen molar-refractivity contribution in [3.8, 4) is 11.1 Å². The van der Waals surface area contributed by atoms with E-state index in [9.17, 15) is 9.18 Å². The monoisotopic (exact) mass is 296 g/mol. The lowest BCUT2D eigenvalue weighted by molar-refractivity contribution is 0.101. The number of benzene rings is 2. The zero-order chi connectivity index (χ0) is 16.3. The Morgan fingerprint density at radius 3 is 2.23 bits per heavy atom. The number of hydrogen-bond acceptors (Lipinski definition) is 1. The van der Waals surface area contributed by atoms with Gasteiger partial charge in [0.2, 0.25) is 0 Å². The summed E-state index contributed by atoms with van der Waals surface area (Å²) in [5.74, 6) is 0.0757. The molecule has 0 aromatic heterocycles. The van der Waals surface area contributed by atoms with Gasteiger partial charge in [-0.15, -0.1) is 0 Å². The highest BCUT2D eigenvalue weighted by atomic mass is 19.1. The molecule has 2 aromatic carbocycles. The SMILES string of the molecule is C/C=C\c1c(C(C)C)ccc(F)c1-c1ccc(C(C)=O)cc1. The molecule has 0 spiro atoms. The first-order valence-corrected chi connectivity index (χ1v) is 7.52. The first kappa shape index (κ1) is 16.2. The number of allylic oxidation sites excluding steroid dienone is 1. The molecule has 0 heterocycles. The molecule has 0 fully saturated rings. The lowest BCUT2D eigenvalue weighted by Crippen LogP contribution is -1.99. The van der Waals surface area contributed by atoms with Gasteiger partial charge in [-0.05, 0) is 42.5 Å². The van der Waals surface area contributed by atoms with Crippen molar-refractivity contribution in [3.05, 3.63) is 65.0 Å². The molecular weight excluding hydrogens is 275 g/mol. The Hall–Kier alpha value is -2.22. The summed E-state index contributed by atoms with van der Waals surface area (Å²) in [4.78, 5) is 11.4. The second kappa shape index (κ2) is 6.69. The molecule has 0 aliphatic rings. The predicted molar refractivity (Wildman–Crippen MR) is 90.6 cm³/mol. The standard InChI is InChI=1S/C20H21FO/c1-5-6-18-17(13(2)3)11-12-19(21)20(18)16-9-7-15(8-10-16)14(4)22/h5-13H,1-4H3/b6-5-. The van der Waals surface area contributed by atoms with Crippen LogP contribution >= 0.6 is 0 Å². The van der Waals surface area contributed by atoms with E-state index < -0.39 is 0 Å². The number of carbonyl (C=O) groups excluding carboxylic acids is 1. The van der Waals surface area contributed by atoms with Crippen molar-refractivity contribution in [1.29, 1.82) is 0 Å². The first-order chi connectivity index (χ1) is 10.5. The second-order valence-electron chi connectivity index (χ2n) is 5.71. The summed E-state index contributed by atoms with van der Waals surface area (Å²) in [7, 11) is 0. The minimum absolute atomic E-state index is 0.0108. The molecule has 0 bridgehead atoms. The number of ketones is 1. The zero-order valence-corrected chi connectivity index (χ0v) is 13.5. The molecule has 2 aromatic rings. The largest absolute Gasteiger partial charge is 0.295 e. The number of rotatable bonds is 4. The van der Waals surface area contributed by atoms with E-state index in [4.69, 9.17) is 0 Å². The lowest BCUT2D eigenvalue weighted by Gasteiger charge is -2.16. The van der Waals surface area contributed by atoms with Crippen LogP contribution in [-0.2, 0) is 0 Å². The quantitative estimate of drug-likeness (QED) is 0.647. The molecule has 2 rings (SSSR count). The summed E-state index contributed by atoms with van der Waals surface area (Å²) in [5.41, 5.74) is 4.05. The van der Waals surface area contributed by atoms with Gasteiger partial charge in [0.05, 0.1) is 0 Å². The summed E-state index contributed by atoms with van der Waals surface area (Å²) < 4.78 is 14.5. The molecule has 0 N–H and O–H groups in total. The summed E-state index contributed by atoms with van der Waals surface area (Å²) in [6.45, 7) is 7.66. The lowest BCUT2D eigenvalue weighted by atomic mass is 9.89. The molecule has 1 nitrogen and oxygen atoms in total. The van der Waals surface area contributed by atoms with Crippen LogP contribution in [0.5, 0.6) is 0 Å². The van der Waals surface area contributed by atoms with Gasteiger partial charge in [-0.3, -0.25) is 4.79 Å². The maximum Gasteiger partial charge on any atom is 0.159 e. The van der Waals surface area contributed by atoms with Crippen LogP contribution in [0.4, 0.5) is 4.39 Å². The second-order valence-corrected chi connectivity index (χ2v) is 5.71. The first-order valence-electron chi connectivity index (χ1n) is 7.52. The van der Waals surface area contributed by atoms with E-state index in [0.29, 0.717) is 17.0 Å². The van der Waals surface area contributed by atoms with E-state index >= 15 is 0 Å². The Morgan fingerprint density at radius 1 is 1.09 bits per heavy atom. The third-order valence-electron chi connectivity index (χ3n) is 3.76. The van der Waals surface area contributed by atoms with E-state index in [1.54, 1.807) is 12.1 Å². The van der Waals surface area contributed by atoms with Gasteiger partial charge in [-0.1, -0.05) is 56.3 Å². The topological polar surface area (TPSA) is 17.1 Å². The minimum atomic E-state index is -0.243. The Kier molecular flexibility index (Phi) is 4.92. The van der Waals surface area contributed by atoms with Crippen molar-refractivity contribution >= 4 is 11.9 Å². The van der Waals surface area contributed by atoms with E-state index in [-0.39, 0.29) is 11.6 Å². The highest BCUT2D eigenvalue weighted by Crippen LogP contribution is 2.33. The summed E-state index contributed by atoms with van der Waals surface area (Å²) in [6, 6.07) is 10.5. The smallest absolute Gasteiger partial charge is 0.159 e. The summed E-state index contributed by atoms with van der Waals surface area (Å²) >= 11 is 0. The van der Waals surface area contributed by atoms with Crippen LogP contribution in [0.25, 0.3) is 17.2 Å². The Morgan fingerprint density at radius 2 is 1.73 bits per heavy atom. The van der Waals surface area contributed by atoms with E-state index in [1.165, 1.54) is 13.0 Å². The normalized spacial score (nSPS) is 11.4. The Labute approximate surface area is 131 Å². The van der Waals surface area contributed by atoms with Crippen molar-refractivity contribution in [1.82, 2.24) is 0 Å². The Balaban J connectivity index is 2.67. The third kappa shape index (κ3) is 3.16. The molecule has 0 atom stereocenters. The van der Waals surface area contributed by atoms with Crippen LogP contribution in [0.15, 0.2) is 42.5 Å². The molecule has 2 heteroatoms. The third-order valence-corrected chi connectivity index (χ3v) is 3.76. The van der Waals surface area contributed by atoms with Gasteiger partial charge in [-0.25, -0.2) is 4.39 Å². The zero-order valence-electron chi connectivity index (χ0n) is 13.5. The highest BCUT2D eigenvalue weighted by molar-refractivity contribution is 5.94. The number of hydrogen-bond donors (Lipinski definition) is 0. The highest BCUT2D eigenvalue weighted by Gasteiger charge is 2.15.